The Labute approximate surface area is 194 Å². The summed E-state index contributed by atoms with van der Waals surface area (Å²) >= 11 is 0. The number of halogens is 1. The van der Waals surface area contributed by atoms with Crippen molar-refractivity contribution in [2.45, 2.75) is 56.8 Å². The number of allylic oxidation sites excluding steroid dienone is 2. The predicted molar refractivity (Wildman–Crippen MR) is 123 cm³/mol. The summed E-state index contributed by atoms with van der Waals surface area (Å²) in [5.74, 6) is -0.515. The van der Waals surface area contributed by atoms with Crippen LogP contribution in [0, 0.1) is 5.82 Å². The zero-order valence-electron chi connectivity index (χ0n) is 19.3. The number of hydrogen-bond donors (Lipinski definition) is 2. The van der Waals surface area contributed by atoms with Gasteiger partial charge in [0.15, 0.2) is 0 Å². The maximum atomic E-state index is 14.2. The Balaban J connectivity index is 1.51. The highest BCUT2D eigenvalue weighted by atomic mass is 19.1. The minimum Gasteiger partial charge on any atom is -0.480 e. The Morgan fingerprint density at radius 2 is 2.24 bits per heavy atom. The molecule has 180 valence electrons. The van der Waals surface area contributed by atoms with Gasteiger partial charge in [0.25, 0.3) is 0 Å². The average molecular weight is 460 g/mol. The molecule has 8 heteroatoms. The highest BCUT2D eigenvalue weighted by molar-refractivity contribution is 5.76. The summed E-state index contributed by atoms with van der Waals surface area (Å²) in [4.78, 5) is 20.5. The fourth-order valence-electron chi connectivity index (χ4n) is 5.13. The third-order valence-corrected chi connectivity index (χ3v) is 6.73. The molecule has 0 aliphatic carbocycles. The van der Waals surface area contributed by atoms with Gasteiger partial charge in [-0.15, -0.1) is 0 Å². The summed E-state index contributed by atoms with van der Waals surface area (Å²) in [6.07, 6.45) is 7.00. The number of ether oxygens (including phenoxy) is 1. The third-order valence-electron chi connectivity index (χ3n) is 6.73. The van der Waals surface area contributed by atoms with Crippen molar-refractivity contribution in [2.24, 2.45) is 0 Å². The smallest absolute Gasteiger partial charge is 0.325 e. The lowest BCUT2D eigenvalue weighted by Gasteiger charge is -2.32. The Bertz CT molecular complexity index is 900. The number of aliphatic carboxylic acids is 1. The average Bonchev–Trinajstić information content (AvgIpc) is 3.27. The number of carboxylic acids is 1. The largest absolute Gasteiger partial charge is 0.480 e. The number of nitrogens with zero attached hydrogens (tertiary/aromatic N) is 2. The van der Waals surface area contributed by atoms with E-state index < -0.39 is 17.8 Å². The predicted octanol–water partition coefficient (Wildman–Crippen LogP) is 3.91. The molecule has 3 aliphatic heterocycles. The van der Waals surface area contributed by atoms with Gasteiger partial charge in [-0.2, -0.15) is 0 Å². The van der Waals surface area contributed by atoms with Crippen LogP contribution in [0.15, 0.2) is 42.2 Å². The van der Waals surface area contributed by atoms with E-state index in [1.54, 1.807) is 11.1 Å². The van der Waals surface area contributed by atoms with Crippen molar-refractivity contribution in [1.29, 1.82) is 0 Å². The second kappa shape index (κ2) is 10.7. The standard InChI is InChI=1S/C25H34FN3O4/c1-3-17-7-6-12-27-24(17)28(2)33-19-11-13-29(16-19)23(25(30)31)21-15-18(26)9-10-20(21)22-8-4-5-14-32-22/h3,9-10,15,19,22-23,27H,1,4-8,11-14,16H2,2H3,(H,30,31)/t19-,22+,23+/m1/s1. The molecule has 4 rings (SSSR count). The van der Waals surface area contributed by atoms with Crippen LogP contribution >= 0.6 is 0 Å². The van der Waals surface area contributed by atoms with E-state index >= 15 is 0 Å². The number of carboxylic acid groups (broad SMARTS) is 1. The number of carbonyl (C=O) groups is 1. The van der Waals surface area contributed by atoms with Gasteiger partial charge in [0.05, 0.1) is 12.2 Å². The molecule has 33 heavy (non-hydrogen) atoms. The van der Waals surface area contributed by atoms with Crippen LogP contribution in [0.4, 0.5) is 4.39 Å². The van der Waals surface area contributed by atoms with Crippen LogP contribution in [-0.2, 0) is 14.4 Å². The molecular weight excluding hydrogens is 425 g/mol. The molecule has 2 N–H and O–H groups in total. The van der Waals surface area contributed by atoms with Crippen molar-refractivity contribution in [3.63, 3.8) is 0 Å². The molecule has 0 saturated carbocycles. The molecule has 3 heterocycles. The lowest BCUT2D eigenvalue weighted by atomic mass is 9.92. The third kappa shape index (κ3) is 5.39. The Morgan fingerprint density at radius 1 is 1.39 bits per heavy atom. The van der Waals surface area contributed by atoms with E-state index in [0.717, 1.165) is 55.6 Å². The van der Waals surface area contributed by atoms with E-state index in [-0.39, 0.29) is 12.2 Å². The quantitative estimate of drug-likeness (QED) is 0.571. The summed E-state index contributed by atoms with van der Waals surface area (Å²) in [5, 5.41) is 15.3. The lowest BCUT2D eigenvalue weighted by Crippen LogP contribution is -2.38. The van der Waals surface area contributed by atoms with Crippen molar-refractivity contribution in [2.75, 3.05) is 33.3 Å². The fourth-order valence-corrected chi connectivity index (χ4v) is 5.13. The van der Waals surface area contributed by atoms with Gasteiger partial charge in [-0.1, -0.05) is 18.7 Å². The summed E-state index contributed by atoms with van der Waals surface area (Å²) in [6.45, 7) is 6.41. The van der Waals surface area contributed by atoms with Crippen LogP contribution in [0.2, 0.25) is 0 Å². The highest BCUT2D eigenvalue weighted by Gasteiger charge is 2.37. The molecule has 1 aromatic rings. The van der Waals surface area contributed by atoms with E-state index in [1.807, 2.05) is 18.0 Å². The first kappa shape index (κ1) is 23.7. The van der Waals surface area contributed by atoms with Crippen LogP contribution in [0.3, 0.4) is 0 Å². The molecule has 7 nitrogen and oxygen atoms in total. The molecule has 2 fully saturated rings. The topological polar surface area (TPSA) is 74.3 Å². The maximum absolute atomic E-state index is 14.2. The SMILES string of the molecule is C=CC1=C(N(C)O[C@@H]2CCN([C@H](C(=O)O)c3cc(F)ccc3[C@@H]3CCCCO3)C2)NCCC1. The van der Waals surface area contributed by atoms with Gasteiger partial charge in [0.1, 0.15) is 17.7 Å². The maximum Gasteiger partial charge on any atom is 0.325 e. The first-order valence-electron chi connectivity index (χ1n) is 11.9. The van der Waals surface area contributed by atoms with Gasteiger partial charge in [-0.3, -0.25) is 14.5 Å². The summed E-state index contributed by atoms with van der Waals surface area (Å²) in [7, 11) is 1.86. The van der Waals surface area contributed by atoms with Crippen LogP contribution in [0.5, 0.6) is 0 Å². The van der Waals surface area contributed by atoms with Gasteiger partial charge in [0, 0.05) is 33.3 Å². The molecule has 3 aliphatic rings. The number of likely N-dealkylation sites (tertiary alicyclic amines) is 1. The summed E-state index contributed by atoms with van der Waals surface area (Å²) in [6, 6.07) is 3.49. The molecule has 0 aromatic heterocycles. The first-order chi connectivity index (χ1) is 16.0. The Morgan fingerprint density at radius 3 is 2.97 bits per heavy atom. The van der Waals surface area contributed by atoms with Crippen molar-refractivity contribution < 1.29 is 23.9 Å². The Hall–Kier alpha value is -2.42. The van der Waals surface area contributed by atoms with Crippen LogP contribution in [-0.4, -0.2) is 60.4 Å². The van der Waals surface area contributed by atoms with Crippen LogP contribution in [0.25, 0.3) is 0 Å². The second-order valence-corrected chi connectivity index (χ2v) is 8.99. The van der Waals surface area contributed by atoms with E-state index in [2.05, 4.69) is 11.9 Å². The molecule has 0 radical (unpaired) electrons. The van der Waals surface area contributed by atoms with E-state index in [1.165, 1.54) is 12.1 Å². The van der Waals surface area contributed by atoms with Crippen molar-refractivity contribution in [3.05, 3.63) is 59.2 Å². The van der Waals surface area contributed by atoms with Crippen molar-refractivity contribution in [3.8, 4) is 0 Å². The van der Waals surface area contributed by atoms with E-state index in [9.17, 15) is 14.3 Å². The van der Waals surface area contributed by atoms with Gasteiger partial charge in [-0.05, 0) is 67.4 Å². The molecule has 3 atom stereocenters. The Kier molecular flexibility index (Phi) is 7.67. The van der Waals surface area contributed by atoms with Gasteiger partial charge in [-0.25, -0.2) is 9.45 Å². The van der Waals surface area contributed by atoms with Crippen molar-refractivity contribution in [1.82, 2.24) is 15.3 Å². The number of hydrogen-bond acceptors (Lipinski definition) is 6. The highest BCUT2D eigenvalue weighted by Crippen LogP contribution is 2.37. The molecule has 0 amide bonds. The normalized spacial score (nSPS) is 24.9. The minimum atomic E-state index is -0.989. The zero-order valence-corrected chi connectivity index (χ0v) is 19.3. The summed E-state index contributed by atoms with van der Waals surface area (Å²) in [5.41, 5.74) is 2.37. The van der Waals surface area contributed by atoms with Gasteiger partial charge >= 0.3 is 5.97 Å². The molecule has 0 spiro atoms. The molecule has 2 saturated heterocycles. The molecular formula is C25H34FN3O4. The monoisotopic (exact) mass is 459 g/mol. The van der Waals surface area contributed by atoms with E-state index in [4.69, 9.17) is 9.57 Å². The molecule has 0 unspecified atom stereocenters. The number of benzene rings is 1. The van der Waals surface area contributed by atoms with Gasteiger partial charge < -0.3 is 15.2 Å². The number of rotatable bonds is 8. The zero-order chi connectivity index (χ0) is 23.4. The summed E-state index contributed by atoms with van der Waals surface area (Å²) < 4.78 is 20.2. The minimum absolute atomic E-state index is 0.165. The van der Waals surface area contributed by atoms with Gasteiger partial charge in [0.2, 0.25) is 0 Å². The lowest BCUT2D eigenvalue weighted by molar-refractivity contribution is -0.159. The fraction of sp³-hybridized carbons (Fsp3) is 0.560. The first-order valence-corrected chi connectivity index (χ1v) is 11.9. The molecule has 0 bridgehead atoms. The van der Waals surface area contributed by atoms with Crippen LogP contribution in [0.1, 0.15) is 61.8 Å². The molecule has 1 aromatic carbocycles. The van der Waals surface area contributed by atoms with Crippen LogP contribution < -0.4 is 5.32 Å². The van der Waals surface area contributed by atoms with Crippen molar-refractivity contribution >= 4 is 5.97 Å². The van der Waals surface area contributed by atoms with E-state index in [0.29, 0.717) is 31.7 Å². The number of nitrogens with one attached hydrogen (secondary N) is 1. The number of hydroxylamine groups is 2. The second-order valence-electron chi connectivity index (χ2n) is 8.99.